The molecule has 2 aromatic carbocycles. The largest absolute Gasteiger partial charge is 0.294 e. The molecular weight excluding hydrogens is 319 g/mol. The van der Waals surface area contributed by atoms with E-state index < -0.39 is 5.82 Å². The second-order valence-corrected chi connectivity index (χ2v) is 5.08. The minimum absolute atomic E-state index is 0.154. The van der Waals surface area contributed by atoms with Crippen LogP contribution in [0.15, 0.2) is 46.9 Å². The highest BCUT2D eigenvalue weighted by Crippen LogP contribution is 2.22. The van der Waals surface area contributed by atoms with Crippen molar-refractivity contribution in [1.29, 1.82) is 0 Å². The minimum Gasteiger partial charge on any atom is -0.294 e. The minimum atomic E-state index is -0.430. The summed E-state index contributed by atoms with van der Waals surface area (Å²) >= 11 is 9.23. The summed E-state index contributed by atoms with van der Waals surface area (Å²) in [5.74, 6) is -0.602. The standard InChI is InChI=1S/C14H9BrClFO/c15-12-6-5-10(17)8-11(12)14(18)7-9-3-1-2-4-13(9)16/h1-6,8H,7H2. The second-order valence-electron chi connectivity index (χ2n) is 3.82. The Kier molecular flexibility index (Phi) is 4.15. The molecule has 0 aliphatic heterocycles. The molecule has 2 rings (SSSR count). The van der Waals surface area contributed by atoms with Crippen molar-refractivity contribution in [3.8, 4) is 0 Å². The van der Waals surface area contributed by atoms with E-state index in [0.717, 1.165) is 5.56 Å². The van der Waals surface area contributed by atoms with E-state index in [2.05, 4.69) is 15.9 Å². The summed E-state index contributed by atoms with van der Waals surface area (Å²) in [6, 6.07) is 11.2. The van der Waals surface area contributed by atoms with Crippen LogP contribution in [0, 0.1) is 5.82 Å². The molecule has 0 unspecified atom stereocenters. The summed E-state index contributed by atoms with van der Waals surface area (Å²) in [7, 11) is 0. The van der Waals surface area contributed by atoms with E-state index in [9.17, 15) is 9.18 Å². The van der Waals surface area contributed by atoms with Gasteiger partial charge in [-0.3, -0.25) is 4.79 Å². The molecule has 1 nitrogen and oxygen atoms in total. The molecule has 18 heavy (non-hydrogen) atoms. The molecule has 0 saturated carbocycles. The average molecular weight is 328 g/mol. The first-order chi connectivity index (χ1) is 8.58. The molecule has 92 valence electrons. The molecule has 0 atom stereocenters. The van der Waals surface area contributed by atoms with Crippen LogP contribution in [0.4, 0.5) is 4.39 Å². The molecule has 0 heterocycles. The third-order valence-electron chi connectivity index (χ3n) is 2.54. The zero-order valence-corrected chi connectivity index (χ0v) is 11.6. The lowest BCUT2D eigenvalue weighted by atomic mass is 10.0. The Bertz CT molecular complexity index is 598. The Hall–Kier alpha value is -1.19. The Labute approximate surface area is 118 Å². The van der Waals surface area contributed by atoms with Gasteiger partial charge >= 0.3 is 0 Å². The molecule has 2 aromatic rings. The van der Waals surface area contributed by atoms with Crippen molar-refractivity contribution < 1.29 is 9.18 Å². The molecule has 0 saturated heterocycles. The van der Waals surface area contributed by atoms with Crippen LogP contribution in [-0.2, 0) is 6.42 Å². The summed E-state index contributed by atoms with van der Waals surface area (Å²) in [4.78, 5) is 12.1. The quantitative estimate of drug-likeness (QED) is 0.749. The molecule has 0 aliphatic rings. The van der Waals surface area contributed by atoms with Gasteiger partial charge in [0.25, 0.3) is 0 Å². The monoisotopic (exact) mass is 326 g/mol. The number of halogens is 3. The number of carbonyl (C=O) groups is 1. The van der Waals surface area contributed by atoms with Crippen molar-refractivity contribution in [3.63, 3.8) is 0 Å². The zero-order valence-electron chi connectivity index (χ0n) is 9.29. The number of hydrogen-bond acceptors (Lipinski definition) is 1. The van der Waals surface area contributed by atoms with Gasteiger partial charge < -0.3 is 0 Å². The lowest BCUT2D eigenvalue weighted by Gasteiger charge is -2.05. The summed E-state index contributed by atoms with van der Waals surface area (Å²) in [6.45, 7) is 0. The molecular formula is C14H9BrClFO. The van der Waals surface area contributed by atoms with Crippen LogP contribution in [0.5, 0.6) is 0 Å². The van der Waals surface area contributed by atoms with Gasteiger partial charge in [-0.1, -0.05) is 45.7 Å². The normalized spacial score (nSPS) is 10.4. The SMILES string of the molecule is O=C(Cc1ccccc1Cl)c1cc(F)ccc1Br. The van der Waals surface area contributed by atoms with Crippen molar-refractivity contribution in [2.45, 2.75) is 6.42 Å². The fraction of sp³-hybridized carbons (Fsp3) is 0.0714. The maximum absolute atomic E-state index is 13.1. The van der Waals surface area contributed by atoms with E-state index in [-0.39, 0.29) is 12.2 Å². The molecule has 0 fully saturated rings. The van der Waals surface area contributed by atoms with Gasteiger partial charge in [0.1, 0.15) is 5.82 Å². The van der Waals surface area contributed by atoms with Crippen molar-refractivity contribution >= 4 is 33.3 Å². The summed E-state index contributed by atoms with van der Waals surface area (Å²) in [5.41, 5.74) is 1.07. The highest BCUT2D eigenvalue weighted by molar-refractivity contribution is 9.10. The molecule has 0 amide bonds. The van der Waals surface area contributed by atoms with Gasteiger partial charge in [0, 0.05) is 21.5 Å². The van der Waals surface area contributed by atoms with E-state index >= 15 is 0 Å². The smallest absolute Gasteiger partial charge is 0.168 e. The van der Waals surface area contributed by atoms with Crippen molar-refractivity contribution in [2.24, 2.45) is 0 Å². The number of benzene rings is 2. The molecule has 0 bridgehead atoms. The Morgan fingerprint density at radius 2 is 1.94 bits per heavy atom. The van der Waals surface area contributed by atoms with E-state index in [1.54, 1.807) is 18.2 Å². The second kappa shape index (κ2) is 5.63. The van der Waals surface area contributed by atoms with E-state index in [1.807, 2.05) is 6.07 Å². The lowest BCUT2D eigenvalue weighted by molar-refractivity contribution is 0.0992. The number of hydrogen-bond donors (Lipinski definition) is 0. The van der Waals surface area contributed by atoms with Gasteiger partial charge in [-0.25, -0.2) is 4.39 Å². The van der Waals surface area contributed by atoms with E-state index in [1.165, 1.54) is 18.2 Å². The molecule has 0 aromatic heterocycles. The number of ketones is 1. The summed E-state index contributed by atoms with van der Waals surface area (Å²) in [6.07, 6.45) is 0.154. The van der Waals surface area contributed by atoms with E-state index in [0.29, 0.717) is 15.1 Å². The predicted octanol–water partition coefficient (Wildman–Crippen LogP) is 4.67. The number of rotatable bonds is 3. The maximum Gasteiger partial charge on any atom is 0.168 e. The molecule has 0 spiro atoms. The third-order valence-corrected chi connectivity index (χ3v) is 3.60. The lowest BCUT2D eigenvalue weighted by Crippen LogP contribution is -2.05. The Balaban J connectivity index is 2.28. The molecule has 4 heteroatoms. The highest BCUT2D eigenvalue weighted by Gasteiger charge is 2.13. The van der Waals surface area contributed by atoms with Gasteiger partial charge in [0.2, 0.25) is 0 Å². The number of carbonyl (C=O) groups excluding carboxylic acids is 1. The van der Waals surface area contributed by atoms with Crippen LogP contribution in [0.1, 0.15) is 15.9 Å². The van der Waals surface area contributed by atoms with Crippen molar-refractivity contribution in [3.05, 3.63) is 68.9 Å². The van der Waals surface area contributed by atoms with Gasteiger partial charge in [-0.15, -0.1) is 0 Å². The Morgan fingerprint density at radius 1 is 1.22 bits per heavy atom. The summed E-state index contributed by atoms with van der Waals surface area (Å²) < 4.78 is 13.7. The van der Waals surface area contributed by atoms with Crippen LogP contribution in [-0.4, -0.2) is 5.78 Å². The predicted molar refractivity (Wildman–Crippen MR) is 73.6 cm³/mol. The first kappa shape index (κ1) is 13.2. The average Bonchev–Trinajstić information content (AvgIpc) is 2.35. The fourth-order valence-electron chi connectivity index (χ4n) is 1.62. The van der Waals surface area contributed by atoms with Crippen LogP contribution in [0.2, 0.25) is 5.02 Å². The topological polar surface area (TPSA) is 17.1 Å². The molecule has 0 aliphatic carbocycles. The highest BCUT2D eigenvalue weighted by atomic mass is 79.9. The Morgan fingerprint density at radius 3 is 2.67 bits per heavy atom. The van der Waals surface area contributed by atoms with Crippen molar-refractivity contribution in [1.82, 2.24) is 0 Å². The first-order valence-corrected chi connectivity index (χ1v) is 6.46. The van der Waals surface area contributed by atoms with Crippen LogP contribution in [0.3, 0.4) is 0 Å². The maximum atomic E-state index is 13.1. The van der Waals surface area contributed by atoms with Crippen LogP contribution >= 0.6 is 27.5 Å². The van der Waals surface area contributed by atoms with E-state index in [4.69, 9.17) is 11.6 Å². The fourth-order valence-corrected chi connectivity index (χ4v) is 2.29. The molecule has 0 N–H and O–H groups in total. The van der Waals surface area contributed by atoms with Crippen molar-refractivity contribution in [2.75, 3.05) is 0 Å². The van der Waals surface area contributed by atoms with Gasteiger partial charge in [0.15, 0.2) is 5.78 Å². The zero-order chi connectivity index (χ0) is 13.1. The number of Topliss-reactive ketones (excluding diaryl/α,β-unsaturated/α-hetero) is 1. The van der Waals surface area contributed by atoms with Gasteiger partial charge in [-0.05, 0) is 29.8 Å². The third kappa shape index (κ3) is 2.98. The van der Waals surface area contributed by atoms with Crippen LogP contribution < -0.4 is 0 Å². The van der Waals surface area contributed by atoms with Gasteiger partial charge in [0.05, 0.1) is 0 Å². The van der Waals surface area contributed by atoms with Gasteiger partial charge in [-0.2, -0.15) is 0 Å². The molecule has 0 radical (unpaired) electrons. The summed E-state index contributed by atoms with van der Waals surface area (Å²) in [5, 5.41) is 0.540. The first-order valence-electron chi connectivity index (χ1n) is 5.29. The van der Waals surface area contributed by atoms with Crippen LogP contribution in [0.25, 0.3) is 0 Å².